The van der Waals surface area contributed by atoms with Crippen LogP contribution in [0.2, 0.25) is 0 Å². The maximum absolute atomic E-state index is 12.6. The number of rotatable bonds is 6. The van der Waals surface area contributed by atoms with Gasteiger partial charge in [-0.25, -0.2) is 4.98 Å². The number of nitro groups is 1. The molecule has 1 aliphatic rings. The van der Waals surface area contributed by atoms with Gasteiger partial charge in [0, 0.05) is 31.5 Å². The normalized spacial score (nSPS) is 19.2. The molecule has 0 saturated heterocycles. The van der Waals surface area contributed by atoms with E-state index < -0.39 is 10.8 Å². The number of nitrogens with one attached hydrogen (secondary N) is 1. The number of benzene rings is 1. The summed E-state index contributed by atoms with van der Waals surface area (Å²) in [5, 5.41) is 24.6. The van der Waals surface area contributed by atoms with Crippen molar-refractivity contribution >= 4 is 29.4 Å². The van der Waals surface area contributed by atoms with Crippen molar-refractivity contribution in [2.75, 3.05) is 0 Å². The van der Waals surface area contributed by atoms with E-state index in [0.29, 0.717) is 21.5 Å². The minimum absolute atomic E-state index is 0.0499. The Morgan fingerprint density at radius 3 is 2.83 bits per heavy atom. The Labute approximate surface area is 179 Å². The van der Waals surface area contributed by atoms with Gasteiger partial charge < -0.3 is 9.88 Å². The standard InChI is InChI=1S/C21H23N5O3S/c1-14-5-3-4-6-17(14)24-20(27)16(13-22)11-15-7-8-19(18(12-15)26(28)29)30-21-23-9-10-25(21)2/h7-12,14,17H,3-6H2,1-2H3,(H,24,27)/b16-11+. The lowest BCUT2D eigenvalue weighted by atomic mass is 9.86. The molecule has 1 amide bonds. The van der Waals surface area contributed by atoms with Crippen molar-refractivity contribution in [2.24, 2.45) is 13.0 Å². The van der Waals surface area contributed by atoms with Crippen LogP contribution in [0.25, 0.3) is 6.08 Å². The smallest absolute Gasteiger partial charge is 0.283 e. The molecular formula is C21H23N5O3S. The van der Waals surface area contributed by atoms with Crippen LogP contribution in [0, 0.1) is 27.4 Å². The Hall–Kier alpha value is -3.12. The number of nitro benzene ring substituents is 1. The third-order valence-corrected chi connectivity index (χ3v) is 6.40. The van der Waals surface area contributed by atoms with Gasteiger partial charge in [0.25, 0.3) is 11.6 Å². The van der Waals surface area contributed by atoms with Gasteiger partial charge in [0.05, 0.1) is 9.82 Å². The average molecular weight is 426 g/mol. The van der Waals surface area contributed by atoms with E-state index in [0.717, 1.165) is 25.7 Å². The summed E-state index contributed by atoms with van der Waals surface area (Å²) in [6, 6.07) is 6.62. The molecule has 9 heteroatoms. The molecule has 156 valence electrons. The number of carbonyl (C=O) groups excluding carboxylic acids is 1. The third kappa shape index (κ3) is 5.07. The Morgan fingerprint density at radius 2 is 2.20 bits per heavy atom. The second kappa shape index (κ2) is 9.59. The summed E-state index contributed by atoms with van der Waals surface area (Å²) in [5.74, 6) is -0.0727. The van der Waals surface area contributed by atoms with E-state index in [1.807, 2.05) is 13.1 Å². The summed E-state index contributed by atoms with van der Waals surface area (Å²) in [6.45, 7) is 2.10. The number of nitriles is 1. The van der Waals surface area contributed by atoms with E-state index in [4.69, 9.17) is 0 Å². The quantitative estimate of drug-likeness (QED) is 0.323. The van der Waals surface area contributed by atoms with Gasteiger partial charge in [0.2, 0.25) is 0 Å². The fraction of sp³-hybridized carbons (Fsp3) is 0.381. The zero-order valence-electron chi connectivity index (χ0n) is 16.9. The highest BCUT2D eigenvalue weighted by molar-refractivity contribution is 7.99. The van der Waals surface area contributed by atoms with Gasteiger partial charge in [-0.3, -0.25) is 14.9 Å². The van der Waals surface area contributed by atoms with Crippen LogP contribution in [0.1, 0.15) is 38.2 Å². The molecule has 1 heterocycles. The zero-order valence-corrected chi connectivity index (χ0v) is 17.7. The van der Waals surface area contributed by atoms with Crippen molar-refractivity contribution in [2.45, 2.75) is 48.7 Å². The number of amides is 1. The molecule has 1 aromatic heterocycles. The number of carbonyl (C=O) groups is 1. The molecule has 1 fully saturated rings. The largest absolute Gasteiger partial charge is 0.348 e. The molecule has 3 rings (SSSR count). The van der Waals surface area contributed by atoms with E-state index >= 15 is 0 Å². The Kier molecular flexibility index (Phi) is 6.90. The summed E-state index contributed by atoms with van der Waals surface area (Å²) in [5.41, 5.74) is 0.260. The minimum Gasteiger partial charge on any atom is -0.348 e. The van der Waals surface area contributed by atoms with E-state index in [1.165, 1.54) is 23.9 Å². The minimum atomic E-state index is -0.474. The highest BCUT2D eigenvalue weighted by Gasteiger charge is 2.24. The molecule has 0 aliphatic heterocycles. The highest BCUT2D eigenvalue weighted by Crippen LogP contribution is 2.34. The van der Waals surface area contributed by atoms with Crippen molar-refractivity contribution in [1.82, 2.24) is 14.9 Å². The highest BCUT2D eigenvalue weighted by atomic mass is 32.2. The summed E-state index contributed by atoms with van der Waals surface area (Å²) in [6.07, 6.45) is 8.94. The van der Waals surface area contributed by atoms with Crippen molar-refractivity contribution in [3.63, 3.8) is 0 Å². The number of aryl methyl sites for hydroxylation is 1. The average Bonchev–Trinajstić information content (AvgIpc) is 3.13. The number of hydrogen-bond donors (Lipinski definition) is 1. The predicted molar refractivity (Wildman–Crippen MR) is 114 cm³/mol. The number of imidazole rings is 1. The van der Waals surface area contributed by atoms with E-state index in [2.05, 4.69) is 17.2 Å². The second-order valence-corrected chi connectivity index (χ2v) is 8.43. The van der Waals surface area contributed by atoms with Gasteiger partial charge in [-0.05, 0) is 48.2 Å². The predicted octanol–water partition coefficient (Wildman–Crippen LogP) is 4.08. The molecule has 2 atom stereocenters. The lowest BCUT2D eigenvalue weighted by molar-refractivity contribution is -0.387. The molecule has 1 aliphatic carbocycles. The van der Waals surface area contributed by atoms with Gasteiger partial charge in [0.1, 0.15) is 11.6 Å². The Morgan fingerprint density at radius 1 is 1.43 bits per heavy atom. The fourth-order valence-corrected chi connectivity index (χ4v) is 4.38. The molecule has 0 radical (unpaired) electrons. The fourth-order valence-electron chi connectivity index (χ4n) is 3.49. The molecule has 8 nitrogen and oxygen atoms in total. The van der Waals surface area contributed by atoms with Crippen molar-refractivity contribution < 1.29 is 9.72 Å². The summed E-state index contributed by atoms with van der Waals surface area (Å²) >= 11 is 1.18. The van der Waals surface area contributed by atoms with Crippen molar-refractivity contribution in [3.8, 4) is 6.07 Å². The van der Waals surface area contributed by atoms with Crippen molar-refractivity contribution in [1.29, 1.82) is 5.26 Å². The third-order valence-electron chi connectivity index (χ3n) is 5.26. The Bertz CT molecular complexity index is 1020. The van der Waals surface area contributed by atoms with Crippen LogP contribution < -0.4 is 5.32 Å². The molecule has 1 saturated carbocycles. The Balaban J connectivity index is 1.82. The van der Waals surface area contributed by atoms with E-state index in [-0.39, 0.29) is 17.3 Å². The van der Waals surface area contributed by atoms with Crippen LogP contribution in [0.4, 0.5) is 5.69 Å². The summed E-state index contributed by atoms with van der Waals surface area (Å²) in [7, 11) is 1.81. The first-order valence-electron chi connectivity index (χ1n) is 9.75. The molecule has 2 unspecified atom stereocenters. The number of nitrogens with zero attached hydrogens (tertiary/aromatic N) is 4. The molecule has 0 spiro atoms. The molecule has 1 N–H and O–H groups in total. The van der Waals surface area contributed by atoms with E-state index in [1.54, 1.807) is 29.1 Å². The van der Waals surface area contributed by atoms with Gasteiger partial charge in [-0.1, -0.05) is 25.8 Å². The maximum Gasteiger partial charge on any atom is 0.283 e. The van der Waals surface area contributed by atoms with E-state index in [9.17, 15) is 20.2 Å². The number of aromatic nitrogens is 2. The van der Waals surface area contributed by atoms with Crippen LogP contribution in [0.3, 0.4) is 0 Å². The maximum atomic E-state index is 12.6. The van der Waals surface area contributed by atoms with Crippen LogP contribution in [0.5, 0.6) is 0 Å². The first-order chi connectivity index (χ1) is 14.4. The molecular weight excluding hydrogens is 402 g/mol. The topological polar surface area (TPSA) is 114 Å². The molecule has 1 aromatic carbocycles. The first kappa shape index (κ1) is 21.6. The van der Waals surface area contributed by atoms with Crippen LogP contribution in [0.15, 0.2) is 46.2 Å². The molecule has 0 bridgehead atoms. The monoisotopic (exact) mass is 425 g/mol. The summed E-state index contributed by atoms with van der Waals surface area (Å²) in [4.78, 5) is 28.3. The second-order valence-electron chi connectivity index (χ2n) is 7.42. The summed E-state index contributed by atoms with van der Waals surface area (Å²) < 4.78 is 1.77. The number of hydrogen-bond acceptors (Lipinski definition) is 6. The van der Waals surface area contributed by atoms with Gasteiger partial charge in [0.15, 0.2) is 5.16 Å². The van der Waals surface area contributed by atoms with Gasteiger partial charge >= 0.3 is 0 Å². The van der Waals surface area contributed by atoms with Gasteiger partial charge in [-0.2, -0.15) is 5.26 Å². The van der Waals surface area contributed by atoms with Crippen LogP contribution in [-0.4, -0.2) is 26.4 Å². The van der Waals surface area contributed by atoms with Crippen LogP contribution >= 0.6 is 11.8 Å². The van der Waals surface area contributed by atoms with Crippen LogP contribution in [-0.2, 0) is 11.8 Å². The first-order valence-corrected chi connectivity index (χ1v) is 10.6. The molecule has 30 heavy (non-hydrogen) atoms. The van der Waals surface area contributed by atoms with Gasteiger partial charge in [-0.15, -0.1) is 0 Å². The van der Waals surface area contributed by atoms with Crippen molar-refractivity contribution in [3.05, 3.63) is 51.8 Å². The lowest BCUT2D eigenvalue weighted by Gasteiger charge is -2.29. The SMILES string of the molecule is CC1CCCCC1NC(=O)/C(C#N)=C/c1ccc(Sc2nccn2C)c([N+](=O)[O-])c1. The molecule has 2 aromatic rings. The zero-order chi connectivity index (χ0) is 21.7. The lowest BCUT2D eigenvalue weighted by Crippen LogP contribution is -2.41.